The summed E-state index contributed by atoms with van der Waals surface area (Å²) in [5, 5.41) is 27.0. The molecule has 21 heavy (non-hydrogen) atoms. The zero-order valence-electron chi connectivity index (χ0n) is 10.6. The first-order chi connectivity index (χ1) is 9.97. The number of non-ortho nitro benzene ring substituents is 1. The van der Waals surface area contributed by atoms with E-state index in [0.717, 1.165) is 6.08 Å². The number of carbonyl (C=O) groups is 2. The third-order valence-corrected chi connectivity index (χ3v) is 2.66. The number of carboxylic acids is 1. The third-order valence-electron chi connectivity index (χ3n) is 2.66. The van der Waals surface area contributed by atoms with Gasteiger partial charge in [-0.05, 0) is 24.3 Å². The number of ketones is 1. The van der Waals surface area contributed by atoms with Gasteiger partial charge >= 0.3 is 5.97 Å². The maximum Gasteiger partial charge on any atom is 0.339 e. The van der Waals surface area contributed by atoms with Crippen molar-refractivity contribution in [1.82, 2.24) is 0 Å². The van der Waals surface area contributed by atoms with Gasteiger partial charge in [-0.25, -0.2) is 4.79 Å². The van der Waals surface area contributed by atoms with E-state index in [-0.39, 0.29) is 23.4 Å². The van der Waals surface area contributed by atoms with Gasteiger partial charge < -0.3 is 5.11 Å². The Labute approximate surface area is 118 Å². The molecule has 0 unspecified atom stereocenters. The molecule has 0 aromatic heterocycles. The summed E-state index contributed by atoms with van der Waals surface area (Å²) in [7, 11) is 0. The Hall–Kier alpha value is -3.16. The SMILES string of the molecule is O=C(O)C1=CC(N=Nc2ccc([N+](=O)[O-])cc2)=CCC1=O. The molecule has 1 aromatic carbocycles. The molecule has 0 saturated heterocycles. The molecule has 0 aliphatic heterocycles. The van der Waals surface area contributed by atoms with Gasteiger partial charge in [0.2, 0.25) is 0 Å². The van der Waals surface area contributed by atoms with E-state index in [4.69, 9.17) is 5.11 Å². The van der Waals surface area contributed by atoms with Gasteiger partial charge in [0.1, 0.15) is 5.57 Å². The molecule has 0 spiro atoms. The zero-order chi connectivity index (χ0) is 15.4. The minimum Gasteiger partial charge on any atom is -0.478 e. The smallest absolute Gasteiger partial charge is 0.339 e. The molecule has 8 nitrogen and oxygen atoms in total. The average Bonchev–Trinajstić information content (AvgIpc) is 2.46. The number of azo groups is 1. The highest BCUT2D eigenvalue weighted by Gasteiger charge is 2.20. The summed E-state index contributed by atoms with van der Waals surface area (Å²) in [5.41, 5.74) is 0.230. The molecule has 1 aromatic rings. The lowest BCUT2D eigenvalue weighted by molar-refractivity contribution is -0.384. The number of nitro benzene ring substituents is 1. The van der Waals surface area contributed by atoms with Gasteiger partial charge in [0.05, 0.1) is 16.3 Å². The molecule has 106 valence electrons. The fourth-order valence-corrected chi connectivity index (χ4v) is 1.60. The molecule has 0 amide bonds. The molecule has 0 heterocycles. The Bertz CT molecular complexity index is 701. The van der Waals surface area contributed by atoms with E-state index in [1.54, 1.807) is 0 Å². The number of allylic oxidation sites excluding steroid dienone is 2. The normalized spacial score (nSPS) is 14.8. The van der Waals surface area contributed by atoms with Crippen LogP contribution in [0.4, 0.5) is 11.4 Å². The van der Waals surface area contributed by atoms with Crippen molar-refractivity contribution in [3.63, 3.8) is 0 Å². The molecular formula is C13H9N3O5. The topological polar surface area (TPSA) is 122 Å². The number of aliphatic carboxylic acids is 1. The number of nitro groups is 1. The van der Waals surface area contributed by atoms with Crippen molar-refractivity contribution in [3.8, 4) is 0 Å². The average molecular weight is 287 g/mol. The fourth-order valence-electron chi connectivity index (χ4n) is 1.60. The van der Waals surface area contributed by atoms with E-state index >= 15 is 0 Å². The molecule has 1 aliphatic rings. The highest BCUT2D eigenvalue weighted by Crippen LogP contribution is 2.21. The maximum atomic E-state index is 11.3. The van der Waals surface area contributed by atoms with E-state index in [2.05, 4.69) is 10.2 Å². The second kappa shape index (κ2) is 5.87. The van der Waals surface area contributed by atoms with Crippen LogP contribution in [0.1, 0.15) is 6.42 Å². The Morgan fingerprint density at radius 3 is 2.48 bits per heavy atom. The summed E-state index contributed by atoms with van der Waals surface area (Å²) < 4.78 is 0. The van der Waals surface area contributed by atoms with Crippen molar-refractivity contribution < 1.29 is 19.6 Å². The number of Topliss-reactive ketones (excluding diaryl/α,β-unsaturated/α-hetero) is 1. The minimum atomic E-state index is -1.31. The quantitative estimate of drug-likeness (QED) is 0.394. The molecule has 0 atom stereocenters. The Kier molecular flexibility index (Phi) is 3.98. The first kappa shape index (κ1) is 14.3. The molecule has 1 N–H and O–H groups in total. The molecule has 0 bridgehead atoms. The maximum absolute atomic E-state index is 11.3. The van der Waals surface area contributed by atoms with Crippen LogP contribution < -0.4 is 0 Å². The second-order valence-corrected chi connectivity index (χ2v) is 4.09. The van der Waals surface area contributed by atoms with Crippen LogP contribution in [0.15, 0.2) is 57.9 Å². The van der Waals surface area contributed by atoms with Crippen LogP contribution in [0.3, 0.4) is 0 Å². The van der Waals surface area contributed by atoms with Crippen LogP contribution in [-0.2, 0) is 9.59 Å². The summed E-state index contributed by atoms with van der Waals surface area (Å²) in [6.45, 7) is 0. The van der Waals surface area contributed by atoms with Crippen molar-refractivity contribution in [2.45, 2.75) is 6.42 Å². The first-order valence-electron chi connectivity index (χ1n) is 5.82. The van der Waals surface area contributed by atoms with Gasteiger partial charge in [0.25, 0.3) is 5.69 Å². The summed E-state index contributed by atoms with van der Waals surface area (Å²) in [4.78, 5) is 32.1. The van der Waals surface area contributed by atoms with Crippen LogP contribution in [0, 0.1) is 10.1 Å². The van der Waals surface area contributed by atoms with E-state index in [1.807, 2.05) is 0 Å². The second-order valence-electron chi connectivity index (χ2n) is 4.09. The Balaban J connectivity index is 2.16. The predicted octanol–water partition coefficient (Wildman–Crippen LogP) is 2.55. The molecule has 1 aliphatic carbocycles. The Morgan fingerprint density at radius 1 is 1.24 bits per heavy atom. The van der Waals surface area contributed by atoms with Gasteiger partial charge in [0.15, 0.2) is 5.78 Å². The monoisotopic (exact) mass is 287 g/mol. The number of carbonyl (C=O) groups excluding carboxylic acids is 1. The highest BCUT2D eigenvalue weighted by molar-refractivity contribution is 6.18. The van der Waals surface area contributed by atoms with Crippen LogP contribution in [0.2, 0.25) is 0 Å². The highest BCUT2D eigenvalue weighted by atomic mass is 16.6. The summed E-state index contributed by atoms with van der Waals surface area (Å²) in [6.07, 6.45) is 2.56. The van der Waals surface area contributed by atoms with Gasteiger partial charge in [-0.15, -0.1) is 0 Å². The lowest BCUT2D eigenvalue weighted by Crippen LogP contribution is -2.14. The van der Waals surface area contributed by atoms with Crippen LogP contribution in [0.25, 0.3) is 0 Å². The van der Waals surface area contributed by atoms with Crippen molar-refractivity contribution in [3.05, 3.63) is 57.8 Å². The summed E-state index contributed by atoms with van der Waals surface area (Å²) >= 11 is 0. The standard InChI is InChI=1S/C13H9N3O5/c17-12-6-3-9(7-11(12)13(18)19)15-14-8-1-4-10(5-2-8)16(20)21/h1-5,7H,6H2,(H,18,19). The number of carboxylic acid groups (broad SMARTS) is 1. The fraction of sp³-hybridized carbons (Fsp3) is 0.0769. The van der Waals surface area contributed by atoms with Crippen molar-refractivity contribution >= 4 is 23.1 Å². The van der Waals surface area contributed by atoms with Gasteiger partial charge in [-0.2, -0.15) is 10.2 Å². The van der Waals surface area contributed by atoms with E-state index in [9.17, 15) is 19.7 Å². The molecular weight excluding hydrogens is 278 g/mol. The zero-order valence-corrected chi connectivity index (χ0v) is 10.6. The molecule has 2 rings (SSSR count). The number of rotatable bonds is 4. The third kappa shape index (κ3) is 3.44. The van der Waals surface area contributed by atoms with Crippen molar-refractivity contribution in [2.75, 3.05) is 0 Å². The number of benzene rings is 1. The predicted molar refractivity (Wildman–Crippen MR) is 71.0 cm³/mol. The first-order valence-corrected chi connectivity index (χ1v) is 5.82. The Morgan fingerprint density at radius 2 is 1.90 bits per heavy atom. The largest absolute Gasteiger partial charge is 0.478 e. The molecule has 0 saturated carbocycles. The van der Waals surface area contributed by atoms with Crippen molar-refractivity contribution in [2.24, 2.45) is 10.2 Å². The van der Waals surface area contributed by atoms with Gasteiger partial charge in [-0.3, -0.25) is 14.9 Å². The lowest BCUT2D eigenvalue weighted by atomic mass is 10.0. The molecule has 8 heteroatoms. The van der Waals surface area contributed by atoms with E-state index in [1.165, 1.54) is 30.3 Å². The van der Waals surface area contributed by atoms with Crippen LogP contribution in [0.5, 0.6) is 0 Å². The number of hydrogen-bond acceptors (Lipinski definition) is 6. The van der Waals surface area contributed by atoms with Crippen molar-refractivity contribution in [1.29, 1.82) is 0 Å². The summed E-state index contributed by atoms with van der Waals surface area (Å²) in [6, 6.07) is 5.40. The van der Waals surface area contributed by atoms with Gasteiger partial charge in [0, 0.05) is 18.6 Å². The number of hydrogen-bond donors (Lipinski definition) is 1. The summed E-state index contributed by atoms with van der Waals surface area (Å²) in [5.74, 6) is -1.80. The molecule has 0 fully saturated rings. The van der Waals surface area contributed by atoms with E-state index in [0.29, 0.717) is 5.69 Å². The van der Waals surface area contributed by atoms with Crippen LogP contribution in [-0.4, -0.2) is 21.8 Å². The van der Waals surface area contributed by atoms with Gasteiger partial charge in [-0.1, -0.05) is 0 Å². The number of nitrogens with zero attached hydrogens (tertiary/aromatic N) is 3. The van der Waals surface area contributed by atoms with E-state index < -0.39 is 16.7 Å². The van der Waals surface area contributed by atoms with Crippen LogP contribution >= 0.6 is 0 Å². The lowest BCUT2D eigenvalue weighted by Gasteiger charge is -2.05. The molecule has 0 radical (unpaired) electrons. The minimum absolute atomic E-state index is 0.0489.